The van der Waals surface area contributed by atoms with Crippen LogP contribution in [0.15, 0.2) is 33.3 Å². The number of aromatic nitrogens is 1. The number of halogens is 1. The van der Waals surface area contributed by atoms with Gasteiger partial charge in [0.05, 0.1) is 18.0 Å². The highest BCUT2D eigenvalue weighted by Gasteiger charge is 2.19. The van der Waals surface area contributed by atoms with Crippen LogP contribution in [-0.4, -0.2) is 18.5 Å². The van der Waals surface area contributed by atoms with E-state index in [4.69, 9.17) is 5.11 Å². The van der Waals surface area contributed by atoms with Crippen LogP contribution in [-0.2, 0) is 23.2 Å². The van der Waals surface area contributed by atoms with Crippen molar-refractivity contribution in [3.8, 4) is 0 Å². The van der Waals surface area contributed by atoms with E-state index in [-0.39, 0.29) is 21.9 Å². The third-order valence-corrected chi connectivity index (χ3v) is 4.71. The van der Waals surface area contributed by atoms with Gasteiger partial charge < -0.3 is 10.1 Å². The van der Waals surface area contributed by atoms with Crippen LogP contribution in [0.2, 0.25) is 0 Å². The summed E-state index contributed by atoms with van der Waals surface area (Å²) in [6.07, 6.45) is 0. The fraction of sp³-hybridized carbons (Fsp3) is 0.182. The standard InChI is InChI=1S/C11H11FN2O4S2/c12-8-2-1-7(5-15)10(3-8)20(17,18)13-4-9-6-19-11(16)14-9/h1-3,6,13,15H,4-5H2,(H,14,16). The van der Waals surface area contributed by atoms with Crippen molar-refractivity contribution in [2.45, 2.75) is 18.0 Å². The molecule has 0 spiro atoms. The van der Waals surface area contributed by atoms with E-state index in [1.807, 2.05) is 0 Å². The molecule has 0 aliphatic heterocycles. The first-order valence-electron chi connectivity index (χ1n) is 5.48. The van der Waals surface area contributed by atoms with Crippen molar-refractivity contribution in [3.63, 3.8) is 0 Å². The number of benzene rings is 1. The second-order valence-electron chi connectivity index (χ2n) is 3.91. The van der Waals surface area contributed by atoms with Gasteiger partial charge in [-0.25, -0.2) is 17.5 Å². The summed E-state index contributed by atoms with van der Waals surface area (Å²) in [6, 6.07) is 3.11. The minimum atomic E-state index is -3.98. The van der Waals surface area contributed by atoms with Crippen molar-refractivity contribution in [1.29, 1.82) is 0 Å². The van der Waals surface area contributed by atoms with Gasteiger partial charge in [-0.05, 0) is 17.7 Å². The zero-order valence-electron chi connectivity index (χ0n) is 10.1. The van der Waals surface area contributed by atoms with Crippen molar-refractivity contribution in [1.82, 2.24) is 9.71 Å². The molecule has 0 atom stereocenters. The lowest BCUT2D eigenvalue weighted by atomic mass is 10.2. The fourth-order valence-electron chi connectivity index (χ4n) is 1.56. The third kappa shape index (κ3) is 3.31. The Balaban J connectivity index is 2.26. The monoisotopic (exact) mass is 318 g/mol. The molecular weight excluding hydrogens is 307 g/mol. The molecule has 2 aromatic rings. The molecule has 0 bridgehead atoms. The van der Waals surface area contributed by atoms with Gasteiger partial charge in [0.1, 0.15) is 5.82 Å². The lowest BCUT2D eigenvalue weighted by molar-refractivity contribution is 0.278. The van der Waals surface area contributed by atoms with Crippen LogP contribution >= 0.6 is 11.3 Å². The summed E-state index contributed by atoms with van der Waals surface area (Å²) in [7, 11) is -3.98. The Morgan fingerprint density at radius 2 is 2.15 bits per heavy atom. The molecular formula is C11H11FN2O4S2. The lowest BCUT2D eigenvalue weighted by Crippen LogP contribution is -2.25. The molecule has 108 valence electrons. The van der Waals surface area contributed by atoms with Crippen LogP contribution in [0.25, 0.3) is 0 Å². The number of hydrogen-bond acceptors (Lipinski definition) is 5. The number of thiazole rings is 1. The predicted molar refractivity (Wildman–Crippen MR) is 71.3 cm³/mol. The highest BCUT2D eigenvalue weighted by Crippen LogP contribution is 2.17. The molecule has 3 N–H and O–H groups in total. The first-order chi connectivity index (χ1) is 9.42. The Labute approximate surface area is 118 Å². The van der Waals surface area contributed by atoms with E-state index in [1.165, 1.54) is 11.4 Å². The number of nitrogens with one attached hydrogen (secondary N) is 2. The zero-order chi connectivity index (χ0) is 14.8. The summed E-state index contributed by atoms with van der Waals surface area (Å²) >= 11 is 0.915. The summed E-state index contributed by atoms with van der Waals surface area (Å²) in [5, 5.41) is 10.6. The molecule has 20 heavy (non-hydrogen) atoms. The van der Waals surface area contributed by atoms with E-state index < -0.39 is 22.4 Å². The molecule has 0 unspecified atom stereocenters. The molecule has 2 rings (SSSR count). The minimum Gasteiger partial charge on any atom is -0.392 e. The number of rotatable bonds is 5. The maximum atomic E-state index is 13.2. The molecule has 9 heteroatoms. The number of aromatic amines is 1. The van der Waals surface area contributed by atoms with Gasteiger partial charge in [-0.1, -0.05) is 17.4 Å². The topological polar surface area (TPSA) is 99.3 Å². The van der Waals surface area contributed by atoms with Crippen molar-refractivity contribution >= 4 is 21.4 Å². The van der Waals surface area contributed by atoms with Gasteiger partial charge in [-0.3, -0.25) is 4.79 Å². The van der Waals surface area contributed by atoms with Gasteiger partial charge in [-0.15, -0.1) is 0 Å². The van der Waals surface area contributed by atoms with Crippen LogP contribution in [0, 0.1) is 5.82 Å². The predicted octanol–water partition coefficient (Wildman–Crippen LogP) is 0.546. The Bertz CT molecular complexity index is 767. The van der Waals surface area contributed by atoms with Crippen LogP contribution in [0.5, 0.6) is 0 Å². The number of H-pyrrole nitrogens is 1. The Morgan fingerprint density at radius 1 is 1.40 bits per heavy atom. The molecule has 0 fully saturated rings. The summed E-state index contributed by atoms with van der Waals surface area (Å²) in [4.78, 5) is 12.8. The Kier molecular flexibility index (Phi) is 4.33. The lowest BCUT2D eigenvalue weighted by Gasteiger charge is -2.09. The molecule has 0 aliphatic rings. The van der Waals surface area contributed by atoms with E-state index in [0.717, 1.165) is 23.5 Å². The van der Waals surface area contributed by atoms with Gasteiger partial charge in [0.2, 0.25) is 10.0 Å². The zero-order valence-corrected chi connectivity index (χ0v) is 11.7. The first kappa shape index (κ1) is 14.9. The molecule has 1 heterocycles. The highest BCUT2D eigenvalue weighted by atomic mass is 32.2. The highest BCUT2D eigenvalue weighted by molar-refractivity contribution is 7.89. The van der Waals surface area contributed by atoms with E-state index in [1.54, 1.807) is 0 Å². The second kappa shape index (κ2) is 5.83. The molecule has 1 aromatic carbocycles. The fourth-order valence-corrected chi connectivity index (χ4v) is 3.39. The van der Waals surface area contributed by atoms with Gasteiger partial charge in [0, 0.05) is 11.1 Å². The molecule has 0 radical (unpaired) electrons. The first-order valence-corrected chi connectivity index (χ1v) is 7.84. The molecule has 1 aromatic heterocycles. The Hall–Kier alpha value is -1.55. The molecule has 0 saturated heterocycles. The quantitative estimate of drug-likeness (QED) is 0.749. The second-order valence-corrected chi connectivity index (χ2v) is 6.49. The van der Waals surface area contributed by atoms with E-state index in [2.05, 4.69) is 9.71 Å². The number of hydrogen-bond donors (Lipinski definition) is 3. The van der Waals surface area contributed by atoms with Crippen molar-refractivity contribution in [3.05, 3.63) is 50.3 Å². The maximum absolute atomic E-state index is 13.2. The third-order valence-electron chi connectivity index (χ3n) is 2.51. The molecule has 0 amide bonds. The SMILES string of the molecule is O=c1[nH]c(CNS(=O)(=O)c2cc(F)ccc2CO)cs1. The minimum absolute atomic E-state index is 0.0951. The van der Waals surface area contributed by atoms with Crippen LogP contribution in [0.4, 0.5) is 4.39 Å². The summed E-state index contributed by atoms with van der Waals surface area (Å²) in [5.74, 6) is -0.716. The smallest absolute Gasteiger partial charge is 0.304 e. The van der Waals surface area contributed by atoms with Gasteiger partial charge in [-0.2, -0.15) is 0 Å². The number of aliphatic hydroxyl groups is 1. The Morgan fingerprint density at radius 3 is 2.75 bits per heavy atom. The molecule has 6 nitrogen and oxygen atoms in total. The van der Waals surface area contributed by atoms with Crippen LogP contribution in [0.1, 0.15) is 11.3 Å². The van der Waals surface area contributed by atoms with Gasteiger partial charge in [0.15, 0.2) is 0 Å². The summed E-state index contributed by atoms with van der Waals surface area (Å²) in [6.45, 7) is -0.645. The van der Waals surface area contributed by atoms with Crippen LogP contribution in [0.3, 0.4) is 0 Å². The van der Waals surface area contributed by atoms with Crippen molar-refractivity contribution in [2.24, 2.45) is 0 Å². The molecule has 0 saturated carbocycles. The average molecular weight is 318 g/mol. The van der Waals surface area contributed by atoms with Crippen LogP contribution < -0.4 is 9.60 Å². The average Bonchev–Trinajstić information content (AvgIpc) is 2.82. The maximum Gasteiger partial charge on any atom is 0.304 e. The molecule has 0 aliphatic carbocycles. The van der Waals surface area contributed by atoms with E-state index in [9.17, 15) is 17.6 Å². The van der Waals surface area contributed by atoms with Crippen molar-refractivity contribution < 1.29 is 17.9 Å². The van der Waals surface area contributed by atoms with Crippen molar-refractivity contribution in [2.75, 3.05) is 0 Å². The van der Waals surface area contributed by atoms with E-state index in [0.29, 0.717) is 5.69 Å². The largest absolute Gasteiger partial charge is 0.392 e. The normalized spacial score (nSPS) is 11.7. The van der Waals surface area contributed by atoms with E-state index >= 15 is 0 Å². The number of sulfonamides is 1. The van der Waals surface area contributed by atoms with Gasteiger partial charge >= 0.3 is 4.87 Å². The summed E-state index contributed by atoms with van der Waals surface area (Å²) in [5.41, 5.74) is 0.503. The number of aliphatic hydroxyl groups excluding tert-OH is 1. The van der Waals surface area contributed by atoms with Gasteiger partial charge in [0.25, 0.3) is 0 Å². The summed E-state index contributed by atoms with van der Waals surface area (Å²) < 4.78 is 39.5.